The summed E-state index contributed by atoms with van der Waals surface area (Å²) in [4.78, 5) is 10.4. The summed E-state index contributed by atoms with van der Waals surface area (Å²) in [5.74, 6) is -0.857. The highest BCUT2D eigenvalue weighted by molar-refractivity contribution is 7.89. The smallest absolute Gasteiger partial charge is 0.271 e. The number of sulfonamides is 1. The Morgan fingerprint density at radius 1 is 1.50 bits per heavy atom. The summed E-state index contributed by atoms with van der Waals surface area (Å²) in [6.07, 6.45) is -2.60. The van der Waals surface area contributed by atoms with E-state index in [0.717, 1.165) is 12.1 Å². The quantitative estimate of drug-likeness (QED) is 0.652. The molecule has 1 amide bonds. The number of carbonyl (C=O) groups is 1. The van der Waals surface area contributed by atoms with Gasteiger partial charge in [-0.05, 0) is 24.6 Å². The van der Waals surface area contributed by atoms with Crippen LogP contribution in [0.4, 0.5) is 8.87 Å². The number of halogens is 2. The molecule has 0 bridgehead atoms. The Morgan fingerprint density at radius 2 is 2.11 bits per heavy atom. The number of hydrogen-bond acceptors (Lipinski definition) is 3. The number of primary amides is 1. The molecular formula is C10H12F2N2O3S. The fourth-order valence-electron chi connectivity index (χ4n) is 1.20. The summed E-state index contributed by atoms with van der Waals surface area (Å²) in [7, 11) is -4.62. The maximum absolute atomic E-state index is 13.3. The molecule has 1 aromatic rings. The first-order valence-corrected chi connectivity index (χ1v) is 6.49. The average Bonchev–Trinajstić information content (AvgIpc) is 2.36. The van der Waals surface area contributed by atoms with Gasteiger partial charge in [-0.2, -0.15) is 0 Å². The average molecular weight is 278 g/mol. The van der Waals surface area contributed by atoms with Crippen molar-refractivity contribution >= 4 is 15.9 Å². The summed E-state index contributed by atoms with van der Waals surface area (Å²) < 4.78 is 48.9. The van der Waals surface area contributed by atoms with E-state index in [1.807, 2.05) is 0 Å². The molecule has 0 aliphatic carbocycles. The molecule has 1 aromatic carbocycles. The molecule has 0 aliphatic heterocycles. The van der Waals surface area contributed by atoms with Crippen LogP contribution in [0.15, 0.2) is 29.2 Å². The van der Waals surface area contributed by atoms with Gasteiger partial charge in [-0.1, -0.05) is 13.0 Å². The van der Waals surface area contributed by atoms with Crippen molar-refractivity contribution in [3.05, 3.63) is 29.8 Å². The van der Waals surface area contributed by atoms with Crippen LogP contribution in [-0.4, -0.2) is 25.1 Å². The Morgan fingerprint density at radius 3 is 2.61 bits per heavy atom. The molecule has 0 spiro atoms. The fraction of sp³-hybridized carbons (Fsp3) is 0.300. The van der Waals surface area contributed by atoms with E-state index < -0.39 is 31.6 Å². The molecule has 0 fully saturated rings. The largest absolute Gasteiger partial charge is 0.366 e. The Balaban J connectivity index is 3.20. The van der Waals surface area contributed by atoms with Gasteiger partial charge in [0.1, 0.15) is 0 Å². The number of hydrogen-bond donors (Lipinski definition) is 1. The van der Waals surface area contributed by atoms with Crippen molar-refractivity contribution in [2.75, 3.05) is 0 Å². The van der Waals surface area contributed by atoms with E-state index in [1.54, 1.807) is 0 Å². The summed E-state index contributed by atoms with van der Waals surface area (Å²) in [6, 6.07) is 4.44. The number of benzene rings is 1. The molecule has 0 aromatic heterocycles. The van der Waals surface area contributed by atoms with Gasteiger partial charge in [0.2, 0.25) is 5.91 Å². The lowest BCUT2D eigenvalue weighted by Gasteiger charge is -2.15. The lowest BCUT2D eigenvalue weighted by atomic mass is 10.2. The highest BCUT2D eigenvalue weighted by Gasteiger charge is 2.31. The topological polar surface area (TPSA) is 80.5 Å². The molecule has 2 N–H and O–H groups in total. The predicted molar refractivity (Wildman–Crippen MR) is 60.3 cm³/mol. The van der Waals surface area contributed by atoms with E-state index in [4.69, 9.17) is 5.73 Å². The Labute approximate surface area is 103 Å². The van der Waals surface area contributed by atoms with Crippen molar-refractivity contribution in [3.8, 4) is 0 Å². The highest BCUT2D eigenvalue weighted by atomic mass is 32.2. The van der Waals surface area contributed by atoms with Gasteiger partial charge in [0.25, 0.3) is 10.0 Å². The first-order chi connectivity index (χ1) is 8.30. The molecular weight excluding hydrogens is 266 g/mol. The van der Waals surface area contributed by atoms with Crippen LogP contribution in [0.25, 0.3) is 0 Å². The van der Waals surface area contributed by atoms with Gasteiger partial charge in [-0.25, -0.2) is 12.8 Å². The van der Waals surface area contributed by atoms with Crippen LogP contribution in [0.1, 0.15) is 23.7 Å². The molecule has 1 unspecified atom stereocenters. The number of rotatable bonds is 5. The van der Waals surface area contributed by atoms with Gasteiger partial charge < -0.3 is 5.73 Å². The lowest BCUT2D eigenvalue weighted by Crippen LogP contribution is -2.30. The van der Waals surface area contributed by atoms with Crippen molar-refractivity contribution in [1.29, 1.82) is 0 Å². The standard InChI is InChI=1S/C10H12F2N2O3S/c1-2-9(11)14(12)18(16,17)8-5-3-4-7(6-8)10(13)15/h3-6,9H,2H2,1H3,(H2,13,15). The molecule has 8 heteroatoms. The van der Waals surface area contributed by atoms with Crippen LogP contribution in [0.3, 0.4) is 0 Å². The van der Waals surface area contributed by atoms with Crippen LogP contribution in [0, 0.1) is 0 Å². The van der Waals surface area contributed by atoms with Crippen molar-refractivity contribution in [1.82, 2.24) is 4.53 Å². The summed E-state index contributed by atoms with van der Waals surface area (Å²) in [5.41, 5.74) is 4.87. The Hall–Kier alpha value is -1.54. The molecule has 0 aliphatic rings. The van der Waals surface area contributed by atoms with E-state index in [9.17, 15) is 22.1 Å². The maximum atomic E-state index is 13.3. The Bertz CT molecular complexity index is 548. The minimum Gasteiger partial charge on any atom is -0.366 e. The van der Waals surface area contributed by atoms with Crippen LogP contribution < -0.4 is 5.73 Å². The number of amides is 1. The van der Waals surface area contributed by atoms with Gasteiger partial charge in [-0.3, -0.25) is 4.79 Å². The zero-order valence-corrected chi connectivity index (χ0v) is 10.3. The minimum atomic E-state index is -4.62. The number of nitrogens with two attached hydrogens (primary N) is 1. The minimum absolute atomic E-state index is 0.101. The van der Waals surface area contributed by atoms with E-state index in [1.165, 1.54) is 19.1 Å². The molecule has 1 atom stereocenters. The van der Waals surface area contributed by atoms with E-state index >= 15 is 0 Å². The second kappa shape index (κ2) is 5.40. The first-order valence-electron chi connectivity index (χ1n) is 5.05. The lowest BCUT2D eigenvalue weighted by molar-refractivity contribution is 0.00734. The third-order valence-electron chi connectivity index (χ3n) is 2.20. The van der Waals surface area contributed by atoms with E-state index in [-0.39, 0.29) is 12.0 Å². The fourth-order valence-corrected chi connectivity index (χ4v) is 2.38. The molecule has 5 nitrogen and oxygen atoms in total. The van der Waals surface area contributed by atoms with E-state index in [2.05, 4.69) is 0 Å². The maximum Gasteiger partial charge on any atom is 0.271 e. The molecule has 0 saturated carbocycles. The highest BCUT2D eigenvalue weighted by Crippen LogP contribution is 2.21. The third-order valence-corrected chi connectivity index (χ3v) is 3.74. The zero-order chi connectivity index (χ0) is 13.9. The monoisotopic (exact) mass is 278 g/mol. The zero-order valence-electron chi connectivity index (χ0n) is 9.51. The van der Waals surface area contributed by atoms with Crippen molar-refractivity contribution in [2.45, 2.75) is 24.5 Å². The number of nitrogens with zero attached hydrogens (tertiary/aromatic N) is 1. The molecule has 0 heterocycles. The molecule has 0 radical (unpaired) electrons. The second-order valence-corrected chi connectivity index (χ2v) is 5.25. The van der Waals surface area contributed by atoms with Crippen LogP contribution >= 0.6 is 0 Å². The number of carbonyl (C=O) groups excluding carboxylic acids is 1. The number of alkyl halides is 1. The third kappa shape index (κ3) is 2.82. The summed E-state index contributed by atoms with van der Waals surface area (Å²) >= 11 is 0. The summed E-state index contributed by atoms with van der Waals surface area (Å²) in [5, 5.41) is 0. The van der Waals surface area contributed by atoms with E-state index in [0.29, 0.717) is 0 Å². The van der Waals surface area contributed by atoms with Crippen LogP contribution in [0.5, 0.6) is 0 Å². The van der Waals surface area contributed by atoms with Gasteiger partial charge >= 0.3 is 0 Å². The van der Waals surface area contributed by atoms with Crippen molar-refractivity contribution < 1.29 is 22.1 Å². The van der Waals surface area contributed by atoms with Gasteiger partial charge in [0.15, 0.2) is 6.30 Å². The SMILES string of the molecule is CCC(F)N(F)S(=O)(=O)c1cccc(C(N)=O)c1. The molecule has 1 rings (SSSR count). The van der Waals surface area contributed by atoms with Crippen LogP contribution in [-0.2, 0) is 10.0 Å². The normalized spacial score (nSPS) is 13.6. The molecule has 0 saturated heterocycles. The molecule has 18 heavy (non-hydrogen) atoms. The van der Waals surface area contributed by atoms with Gasteiger partial charge in [0.05, 0.1) is 4.90 Å². The summed E-state index contributed by atoms with van der Waals surface area (Å²) in [6.45, 7) is 1.30. The second-order valence-electron chi connectivity index (χ2n) is 3.48. The van der Waals surface area contributed by atoms with Gasteiger partial charge in [0, 0.05) is 10.1 Å². The first kappa shape index (κ1) is 14.5. The predicted octanol–water partition coefficient (Wildman–Crippen LogP) is 1.37. The van der Waals surface area contributed by atoms with Crippen molar-refractivity contribution in [2.24, 2.45) is 5.73 Å². The van der Waals surface area contributed by atoms with Gasteiger partial charge in [-0.15, -0.1) is 4.48 Å². The van der Waals surface area contributed by atoms with Crippen LogP contribution in [0.2, 0.25) is 0 Å². The molecule has 100 valence electrons. The van der Waals surface area contributed by atoms with Crippen molar-refractivity contribution in [3.63, 3.8) is 0 Å². The Kier molecular flexibility index (Phi) is 4.36.